The van der Waals surface area contributed by atoms with Crippen LogP contribution >= 0.6 is 0 Å². The first kappa shape index (κ1) is 18.7. The van der Waals surface area contributed by atoms with Gasteiger partial charge in [-0.3, -0.25) is 4.79 Å². The monoisotopic (exact) mass is 350 g/mol. The summed E-state index contributed by atoms with van der Waals surface area (Å²) in [7, 11) is -3.44. The lowest BCUT2D eigenvalue weighted by Gasteiger charge is -2.20. The number of carbonyl (C=O) groups excluding carboxylic acids is 1. The molecule has 1 N–H and O–H groups in total. The Morgan fingerprint density at radius 1 is 1.21 bits per heavy atom. The normalized spacial score (nSPS) is 15.2. The molecule has 0 radical (unpaired) electrons. The summed E-state index contributed by atoms with van der Waals surface area (Å²) in [5, 5.41) is 2.83. The van der Waals surface area contributed by atoms with Crippen molar-refractivity contribution >= 4 is 15.9 Å². The smallest absolute Gasteiger partial charge is 0.235 e. The first-order valence-corrected chi connectivity index (χ1v) is 10.2. The SMILES string of the molecule is CS(=O)(=O)N(CC(=O)NCCC1=CCCCC1)Cc1ccccc1. The number of sulfonamides is 1. The van der Waals surface area contributed by atoms with Crippen LogP contribution in [0.25, 0.3) is 0 Å². The van der Waals surface area contributed by atoms with Gasteiger partial charge in [0.25, 0.3) is 0 Å². The Morgan fingerprint density at radius 3 is 2.58 bits per heavy atom. The van der Waals surface area contributed by atoms with Crippen molar-refractivity contribution in [1.82, 2.24) is 9.62 Å². The zero-order valence-electron chi connectivity index (χ0n) is 14.2. The fraction of sp³-hybridized carbons (Fsp3) is 0.500. The van der Waals surface area contributed by atoms with Gasteiger partial charge in [0.2, 0.25) is 15.9 Å². The van der Waals surface area contributed by atoms with Gasteiger partial charge >= 0.3 is 0 Å². The standard InChI is InChI=1S/C18H26N2O3S/c1-24(22,23)20(14-17-10-6-3-7-11-17)15-18(21)19-13-12-16-8-4-2-5-9-16/h3,6-8,10-11H,2,4-5,9,12-15H2,1H3,(H,19,21). The molecule has 1 aliphatic rings. The Balaban J connectivity index is 1.84. The summed E-state index contributed by atoms with van der Waals surface area (Å²) in [6.07, 6.45) is 8.95. The highest BCUT2D eigenvalue weighted by Gasteiger charge is 2.20. The van der Waals surface area contributed by atoms with Gasteiger partial charge in [0.1, 0.15) is 0 Å². The van der Waals surface area contributed by atoms with Gasteiger partial charge in [0, 0.05) is 13.1 Å². The van der Waals surface area contributed by atoms with Crippen LogP contribution in [0.3, 0.4) is 0 Å². The molecule has 2 rings (SSSR count). The van der Waals surface area contributed by atoms with Gasteiger partial charge in [-0.1, -0.05) is 42.0 Å². The maximum atomic E-state index is 12.1. The lowest BCUT2D eigenvalue weighted by molar-refractivity contribution is -0.121. The van der Waals surface area contributed by atoms with Crippen molar-refractivity contribution in [3.63, 3.8) is 0 Å². The van der Waals surface area contributed by atoms with Gasteiger partial charge in [-0.2, -0.15) is 4.31 Å². The minimum Gasteiger partial charge on any atom is -0.355 e. The topological polar surface area (TPSA) is 66.5 Å². The van der Waals surface area contributed by atoms with E-state index in [1.807, 2.05) is 30.3 Å². The lowest BCUT2D eigenvalue weighted by atomic mass is 9.97. The Kier molecular flexibility index (Phi) is 6.99. The maximum Gasteiger partial charge on any atom is 0.235 e. The third-order valence-electron chi connectivity index (χ3n) is 4.14. The average molecular weight is 350 g/mol. The van der Waals surface area contributed by atoms with Gasteiger partial charge < -0.3 is 5.32 Å². The Hall–Kier alpha value is -1.66. The molecule has 1 amide bonds. The summed E-state index contributed by atoms with van der Waals surface area (Å²) in [4.78, 5) is 12.1. The predicted molar refractivity (Wildman–Crippen MR) is 95.9 cm³/mol. The molecule has 1 aromatic rings. The second kappa shape index (κ2) is 8.99. The minimum atomic E-state index is -3.44. The Bertz CT molecular complexity index is 669. The zero-order chi connectivity index (χ0) is 17.4. The molecule has 1 aromatic carbocycles. The largest absolute Gasteiger partial charge is 0.355 e. The van der Waals surface area contributed by atoms with Crippen LogP contribution < -0.4 is 5.32 Å². The van der Waals surface area contributed by atoms with E-state index in [4.69, 9.17) is 0 Å². The summed E-state index contributed by atoms with van der Waals surface area (Å²) >= 11 is 0. The first-order chi connectivity index (χ1) is 11.4. The summed E-state index contributed by atoms with van der Waals surface area (Å²) < 4.78 is 25.1. The quantitative estimate of drug-likeness (QED) is 0.733. The van der Waals surface area contributed by atoms with Gasteiger partial charge in [0.15, 0.2) is 0 Å². The maximum absolute atomic E-state index is 12.1. The molecular weight excluding hydrogens is 324 g/mol. The molecule has 6 heteroatoms. The summed E-state index contributed by atoms with van der Waals surface area (Å²) in [6.45, 7) is 0.624. The summed E-state index contributed by atoms with van der Waals surface area (Å²) in [6, 6.07) is 9.29. The second-order valence-corrected chi connectivity index (χ2v) is 8.21. The van der Waals surface area contributed by atoms with Gasteiger partial charge in [-0.15, -0.1) is 0 Å². The third-order valence-corrected chi connectivity index (χ3v) is 5.34. The number of nitrogens with zero attached hydrogens (tertiary/aromatic N) is 1. The van der Waals surface area contributed by atoms with Gasteiger partial charge in [0.05, 0.1) is 12.8 Å². The van der Waals surface area contributed by atoms with Crippen LogP contribution in [-0.2, 0) is 21.4 Å². The molecule has 0 bridgehead atoms. The molecule has 24 heavy (non-hydrogen) atoms. The molecular formula is C18H26N2O3S. The van der Waals surface area contributed by atoms with Crippen LogP contribution in [0.5, 0.6) is 0 Å². The van der Waals surface area contributed by atoms with E-state index in [2.05, 4.69) is 11.4 Å². The molecule has 0 saturated carbocycles. The highest BCUT2D eigenvalue weighted by molar-refractivity contribution is 7.88. The van der Waals surface area contributed by atoms with Crippen LogP contribution in [-0.4, -0.2) is 38.0 Å². The molecule has 1 aliphatic carbocycles. The molecule has 0 aliphatic heterocycles. The molecule has 0 spiro atoms. The van der Waals surface area contributed by atoms with E-state index >= 15 is 0 Å². The first-order valence-electron chi connectivity index (χ1n) is 8.39. The molecule has 0 unspecified atom stereocenters. The number of hydrogen-bond donors (Lipinski definition) is 1. The second-order valence-electron chi connectivity index (χ2n) is 6.22. The summed E-state index contributed by atoms with van der Waals surface area (Å²) in [5.41, 5.74) is 2.26. The van der Waals surface area contributed by atoms with E-state index in [1.165, 1.54) is 22.7 Å². The van der Waals surface area contributed by atoms with Crippen molar-refractivity contribution in [3.05, 3.63) is 47.5 Å². The van der Waals surface area contributed by atoms with Crippen molar-refractivity contribution in [2.45, 2.75) is 38.6 Å². The molecule has 132 valence electrons. The van der Waals surface area contributed by atoms with Crippen molar-refractivity contribution < 1.29 is 13.2 Å². The van der Waals surface area contributed by atoms with Crippen LogP contribution in [0.4, 0.5) is 0 Å². The number of amides is 1. The molecule has 0 saturated heterocycles. The van der Waals surface area contributed by atoms with E-state index in [-0.39, 0.29) is 19.0 Å². The summed E-state index contributed by atoms with van der Waals surface area (Å²) in [5.74, 6) is -0.257. The lowest BCUT2D eigenvalue weighted by Crippen LogP contribution is -2.40. The average Bonchev–Trinajstić information content (AvgIpc) is 2.55. The van der Waals surface area contributed by atoms with Crippen LogP contribution in [0.2, 0.25) is 0 Å². The Labute approximate surface area is 144 Å². The highest BCUT2D eigenvalue weighted by Crippen LogP contribution is 2.19. The Morgan fingerprint density at radius 2 is 1.96 bits per heavy atom. The molecule has 0 heterocycles. The molecule has 0 atom stereocenters. The van der Waals surface area contributed by atoms with Crippen molar-refractivity contribution in [2.75, 3.05) is 19.3 Å². The van der Waals surface area contributed by atoms with Gasteiger partial charge in [-0.05, 0) is 37.7 Å². The molecule has 0 fully saturated rings. The molecule has 5 nitrogen and oxygen atoms in total. The number of allylic oxidation sites excluding steroid dienone is 1. The zero-order valence-corrected chi connectivity index (χ0v) is 15.0. The number of carbonyl (C=O) groups is 1. The fourth-order valence-electron chi connectivity index (χ4n) is 2.79. The fourth-order valence-corrected chi connectivity index (χ4v) is 3.52. The number of nitrogens with one attached hydrogen (secondary N) is 1. The number of hydrogen-bond acceptors (Lipinski definition) is 3. The van der Waals surface area contributed by atoms with E-state index < -0.39 is 10.0 Å². The predicted octanol–water partition coefficient (Wildman–Crippen LogP) is 2.45. The van der Waals surface area contributed by atoms with Crippen LogP contribution in [0, 0.1) is 0 Å². The number of rotatable bonds is 8. The number of benzene rings is 1. The molecule has 0 aromatic heterocycles. The van der Waals surface area contributed by atoms with E-state index in [0.29, 0.717) is 6.54 Å². The van der Waals surface area contributed by atoms with E-state index in [0.717, 1.165) is 31.1 Å². The highest BCUT2D eigenvalue weighted by atomic mass is 32.2. The van der Waals surface area contributed by atoms with E-state index in [1.54, 1.807) is 0 Å². The third kappa shape index (κ3) is 6.45. The van der Waals surface area contributed by atoms with Gasteiger partial charge in [-0.25, -0.2) is 8.42 Å². The van der Waals surface area contributed by atoms with Crippen molar-refractivity contribution in [2.24, 2.45) is 0 Å². The van der Waals surface area contributed by atoms with E-state index in [9.17, 15) is 13.2 Å². The van der Waals surface area contributed by atoms with Crippen molar-refractivity contribution in [3.8, 4) is 0 Å². The minimum absolute atomic E-state index is 0.146. The van der Waals surface area contributed by atoms with Crippen LogP contribution in [0.15, 0.2) is 42.0 Å². The van der Waals surface area contributed by atoms with Crippen LogP contribution in [0.1, 0.15) is 37.7 Å². The van der Waals surface area contributed by atoms with Crippen molar-refractivity contribution in [1.29, 1.82) is 0 Å².